The lowest BCUT2D eigenvalue weighted by Crippen LogP contribution is -1.97. The van der Waals surface area contributed by atoms with Crippen molar-refractivity contribution >= 4 is 15.9 Å². The average molecular weight is 218 g/mol. The minimum Gasteiger partial charge on any atom is -0.504 e. The Morgan fingerprint density at radius 3 is 2.45 bits per heavy atom. The van der Waals surface area contributed by atoms with Crippen LogP contribution in [0.25, 0.3) is 0 Å². The second-order valence-electron chi connectivity index (χ2n) is 2.10. The Bertz CT molecular complexity index is 275. The van der Waals surface area contributed by atoms with Gasteiger partial charge >= 0.3 is 0 Å². The summed E-state index contributed by atoms with van der Waals surface area (Å²) in [5.74, 6) is -0.296. The van der Waals surface area contributed by atoms with Gasteiger partial charge in [0.25, 0.3) is 0 Å². The fourth-order valence-electron chi connectivity index (χ4n) is 0.794. The monoisotopic (exact) mass is 217 g/mol. The zero-order valence-corrected chi connectivity index (χ0v) is 7.30. The first-order chi connectivity index (χ1) is 5.16. The van der Waals surface area contributed by atoms with Gasteiger partial charge in [-0.15, -0.1) is 0 Å². The molecule has 0 heterocycles. The number of hydrogen-bond donors (Lipinski definition) is 3. The summed E-state index contributed by atoms with van der Waals surface area (Å²) in [7, 11) is 0. The van der Waals surface area contributed by atoms with Gasteiger partial charge in [-0.05, 0) is 12.1 Å². The van der Waals surface area contributed by atoms with E-state index in [0.29, 0.717) is 10.0 Å². The highest BCUT2D eigenvalue weighted by atomic mass is 79.9. The maximum absolute atomic E-state index is 9.22. The van der Waals surface area contributed by atoms with Gasteiger partial charge in [0.2, 0.25) is 0 Å². The summed E-state index contributed by atoms with van der Waals surface area (Å²) in [6.45, 7) is 0.195. The maximum Gasteiger partial charge on any atom is 0.163 e. The molecule has 0 radical (unpaired) electrons. The number of rotatable bonds is 1. The average Bonchev–Trinajstić information content (AvgIpc) is 1.99. The second kappa shape index (κ2) is 3.11. The van der Waals surface area contributed by atoms with Crippen LogP contribution in [-0.4, -0.2) is 10.2 Å². The number of benzene rings is 1. The number of hydrogen-bond acceptors (Lipinski definition) is 3. The van der Waals surface area contributed by atoms with E-state index in [4.69, 9.17) is 10.8 Å². The molecule has 1 aromatic carbocycles. The van der Waals surface area contributed by atoms with Crippen molar-refractivity contribution < 1.29 is 10.2 Å². The Hall–Kier alpha value is -0.740. The molecule has 4 N–H and O–H groups in total. The smallest absolute Gasteiger partial charge is 0.163 e. The first-order valence-corrected chi connectivity index (χ1v) is 3.85. The van der Waals surface area contributed by atoms with E-state index in [-0.39, 0.29) is 18.0 Å². The molecule has 0 saturated carbocycles. The van der Waals surface area contributed by atoms with Crippen molar-refractivity contribution in [3.8, 4) is 11.5 Å². The van der Waals surface area contributed by atoms with Crippen LogP contribution in [0.2, 0.25) is 0 Å². The van der Waals surface area contributed by atoms with Crippen molar-refractivity contribution in [2.45, 2.75) is 6.54 Å². The molecule has 0 amide bonds. The van der Waals surface area contributed by atoms with Crippen molar-refractivity contribution in [2.75, 3.05) is 0 Å². The minimum atomic E-state index is -0.151. The Labute approximate surface area is 72.6 Å². The van der Waals surface area contributed by atoms with Gasteiger partial charge in [-0.3, -0.25) is 0 Å². The first kappa shape index (κ1) is 8.36. The van der Waals surface area contributed by atoms with Crippen molar-refractivity contribution in [2.24, 2.45) is 5.73 Å². The van der Waals surface area contributed by atoms with Crippen molar-refractivity contribution in [1.29, 1.82) is 0 Å². The molecule has 0 aromatic heterocycles. The molecule has 11 heavy (non-hydrogen) atoms. The van der Waals surface area contributed by atoms with Crippen LogP contribution in [-0.2, 0) is 6.54 Å². The Kier molecular flexibility index (Phi) is 2.36. The molecule has 0 bridgehead atoms. The third kappa shape index (κ3) is 1.46. The summed E-state index contributed by atoms with van der Waals surface area (Å²) in [5.41, 5.74) is 5.84. The molecule has 3 nitrogen and oxygen atoms in total. The largest absolute Gasteiger partial charge is 0.504 e. The van der Waals surface area contributed by atoms with Crippen molar-refractivity contribution in [3.63, 3.8) is 0 Å². The minimum absolute atomic E-state index is 0.145. The van der Waals surface area contributed by atoms with Gasteiger partial charge in [-0.25, -0.2) is 0 Å². The lowest BCUT2D eigenvalue weighted by molar-refractivity contribution is 0.399. The molecule has 0 aliphatic rings. The Balaban J connectivity index is 3.29. The summed E-state index contributed by atoms with van der Waals surface area (Å²) >= 11 is 3.19. The van der Waals surface area contributed by atoms with Crippen LogP contribution in [0, 0.1) is 0 Å². The fourth-order valence-corrected chi connectivity index (χ4v) is 1.28. The van der Waals surface area contributed by atoms with Crippen LogP contribution in [0.1, 0.15) is 5.56 Å². The first-order valence-electron chi connectivity index (χ1n) is 3.06. The topological polar surface area (TPSA) is 66.5 Å². The van der Waals surface area contributed by atoms with Gasteiger partial charge in [-0.2, -0.15) is 0 Å². The van der Waals surface area contributed by atoms with Crippen LogP contribution in [0.4, 0.5) is 0 Å². The lowest BCUT2D eigenvalue weighted by atomic mass is 10.2. The fraction of sp³-hybridized carbons (Fsp3) is 0.143. The zero-order chi connectivity index (χ0) is 8.43. The highest BCUT2D eigenvalue weighted by molar-refractivity contribution is 9.10. The molecular weight excluding hydrogens is 210 g/mol. The number of aromatic hydroxyl groups is 2. The zero-order valence-electron chi connectivity index (χ0n) is 5.71. The van der Waals surface area contributed by atoms with Crippen molar-refractivity contribution in [3.05, 3.63) is 22.2 Å². The molecule has 0 saturated heterocycles. The van der Waals surface area contributed by atoms with Gasteiger partial charge in [0.05, 0.1) is 0 Å². The Morgan fingerprint density at radius 1 is 1.36 bits per heavy atom. The third-order valence-corrected chi connectivity index (χ3v) is 2.15. The second-order valence-corrected chi connectivity index (χ2v) is 2.95. The molecule has 1 rings (SSSR count). The standard InChI is InChI=1S/C7H8BrNO2/c8-5-1-2-6(10)7(11)4(5)3-9/h1-2,10-11H,3,9H2. The van der Waals surface area contributed by atoms with E-state index in [1.54, 1.807) is 6.07 Å². The van der Waals surface area contributed by atoms with Crippen molar-refractivity contribution in [1.82, 2.24) is 0 Å². The SMILES string of the molecule is NCc1c(Br)ccc(O)c1O. The van der Waals surface area contributed by atoms with E-state index < -0.39 is 0 Å². The molecule has 0 fully saturated rings. The van der Waals surface area contributed by atoms with Crippen LogP contribution in [0.5, 0.6) is 11.5 Å². The van der Waals surface area contributed by atoms with Crippen LogP contribution in [0.3, 0.4) is 0 Å². The molecule has 4 heteroatoms. The van der Waals surface area contributed by atoms with Crippen LogP contribution >= 0.6 is 15.9 Å². The molecule has 0 atom stereocenters. The predicted octanol–water partition coefficient (Wildman–Crippen LogP) is 1.32. The number of phenolic OH excluding ortho intramolecular Hbond substituents is 2. The van der Waals surface area contributed by atoms with Gasteiger partial charge in [-0.1, -0.05) is 15.9 Å². The molecule has 0 unspecified atom stereocenters. The van der Waals surface area contributed by atoms with E-state index in [1.807, 2.05) is 0 Å². The normalized spacial score (nSPS) is 10.0. The van der Waals surface area contributed by atoms with E-state index in [0.717, 1.165) is 0 Å². The van der Waals surface area contributed by atoms with Gasteiger partial charge in [0, 0.05) is 16.6 Å². The lowest BCUT2D eigenvalue weighted by Gasteiger charge is -2.05. The summed E-state index contributed by atoms with van der Waals surface area (Å²) in [5, 5.41) is 18.2. The summed E-state index contributed by atoms with van der Waals surface area (Å²) < 4.78 is 0.704. The van der Waals surface area contributed by atoms with E-state index >= 15 is 0 Å². The number of halogens is 1. The third-order valence-electron chi connectivity index (χ3n) is 1.41. The van der Waals surface area contributed by atoms with Gasteiger partial charge in [0.15, 0.2) is 11.5 Å². The van der Waals surface area contributed by atoms with Gasteiger partial charge < -0.3 is 15.9 Å². The molecule has 0 aliphatic heterocycles. The molecule has 0 aliphatic carbocycles. The quantitative estimate of drug-likeness (QED) is 0.622. The summed E-state index contributed by atoms with van der Waals surface area (Å²) in [6.07, 6.45) is 0. The molecule has 1 aromatic rings. The van der Waals surface area contributed by atoms with Gasteiger partial charge in [0.1, 0.15) is 0 Å². The Morgan fingerprint density at radius 2 is 2.00 bits per heavy atom. The molecule has 0 spiro atoms. The summed E-state index contributed by atoms with van der Waals surface area (Å²) in [4.78, 5) is 0. The highest BCUT2D eigenvalue weighted by Gasteiger charge is 2.07. The molecular formula is C7H8BrNO2. The molecule has 60 valence electrons. The highest BCUT2D eigenvalue weighted by Crippen LogP contribution is 2.33. The van der Waals surface area contributed by atoms with E-state index in [9.17, 15) is 5.11 Å². The number of nitrogens with two attached hydrogens (primary N) is 1. The summed E-state index contributed by atoms with van der Waals surface area (Å²) in [6, 6.07) is 3.04. The van der Waals surface area contributed by atoms with Crippen LogP contribution in [0.15, 0.2) is 16.6 Å². The maximum atomic E-state index is 9.22. The predicted molar refractivity (Wildman–Crippen MR) is 45.4 cm³/mol. The number of phenols is 2. The van der Waals surface area contributed by atoms with E-state index in [2.05, 4.69) is 15.9 Å². The van der Waals surface area contributed by atoms with E-state index in [1.165, 1.54) is 6.07 Å². The van der Waals surface area contributed by atoms with Crippen LogP contribution < -0.4 is 5.73 Å².